The van der Waals surface area contributed by atoms with Gasteiger partial charge in [0, 0.05) is 31.7 Å². The molecule has 1 aliphatic heterocycles. The smallest absolute Gasteiger partial charge is 0.254 e. The summed E-state index contributed by atoms with van der Waals surface area (Å²) in [5.74, 6) is 0.0842. The quantitative estimate of drug-likeness (QED) is 0.874. The summed E-state index contributed by atoms with van der Waals surface area (Å²) in [6, 6.07) is 19.7. The molecular formula is C20H21N3O. The lowest BCUT2D eigenvalue weighted by atomic mass is 10.0. The normalized spacial score (nSPS) is 16.4. The molecule has 2 aromatic rings. The standard InChI is InChI=1S/C20H21N3O/c1-16-7-5-6-10-18(16)20(24)23-13-11-22(12-14-23)19(15-21)17-8-3-2-4-9-17/h2-10,19H,11-14H2,1H3. The van der Waals surface area contributed by atoms with E-state index in [0.29, 0.717) is 26.2 Å². The minimum Gasteiger partial charge on any atom is -0.336 e. The van der Waals surface area contributed by atoms with E-state index in [-0.39, 0.29) is 11.9 Å². The number of carbonyl (C=O) groups excluding carboxylic acids is 1. The average molecular weight is 319 g/mol. The second-order valence-corrected chi connectivity index (χ2v) is 6.09. The van der Waals surface area contributed by atoms with Crippen LogP contribution in [0.3, 0.4) is 0 Å². The van der Waals surface area contributed by atoms with Crippen molar-refractivity contribution in [2.24, 2.45) is 0 Å². The van der Waals surface area contributed by atoms with Crippen LogP contribution in [0.5, 0.6) is 0 Å². The van der Waals surface area contributed by atoms with Gasteiger partial charge in [0.1, 0.15) is 6.04 Å². The minimum atomic E-state index is -0.248. The molecule has 1 aliphatic rings. The summed E-state index contributed by atoms with van der Waals surface area (Å²) >= 11 is 0. The lowest BCUT2D eigenvalue weighted by Crippen LogP contribution is -2.49. The lowest BCUT2D eigenvalue weighted by molar-refractivity contribution is 0.0605. The van der Waals surface area contributed by atoms with Gasteiger partial charge in [-0.2, -0.15) is 5.26 Å². The number of piperazine rings is 1. The van der Waals surface area contributed by atoms with Crippen LogP contribution in [-0.2, 0) is 0 Å². The summed E-state index contributed by atoms with van der Waals surface area (Å²) in [6.45, 7) is 4.69. The molecule has 1 amide bonds. The number of nitrogens with zero attached hydrogens (tertiary/aromatic N) is 3. The average Bonchev–Trinajstić information content (AvgIpc) is 2.64. The predicted molar refractivity (Wildman–Crippen MR) is 93.5 cm³/mol. The van der Waals surface area contributed by atoms with Gasteiger partial charge in [-0.3, -0.25) is 9.69 Å². The van der Waals surface area contributed by atoms with Gasteiger partial charge in [0.25, 0.3) is 5.91 Å². The van der Waals surface area contributed by atoms with E-state index in [1.54, 1.807) is 0 Å². The van der Waals surface area contributed by atoms with Crippen LogP contribution in [0.4, 0.5) is 0 Å². The van der Waals surface area contributed by atoms with Crippen LogP contribution in [0.2, 0.25) is 0 Å². The Morgan fingerprint density at radius 3 is 2.25 bits per heavy atom. The molecule has 1 fully saturated rings. The number of amides is 1. The van der Waals surface area contributed by atoms with Crippen molar-refractivity contribution in [3.05, 3.63) is 71.3 Å². The molecular weight excluding hydrogens is 298 g/mol. The number of nitriles is 1. The summed E-state index contributed by atoms with van der Waals surface area (Å²) in [4.78, 5) is 16.7. The van der Waals surface area contributed by atoms with Crippen molar-refractivity contribution in [1.82, 2.24) is 9.80 Å². The molecule has 24 heavy (non-hydrogen) atoms. The summed E-state index contributed by atoms with van der Waals surface area (Å²) in [5.41, 5.74) is 2.79. The molecule has 4 heteroatoms. The monoisotopic (exact) mass is 319 g/mol. The first-order valence-corrected chi connectivity index (χ1v) is 8.24. The van der Waals surface area contributed by atoms with Crippen LogP contribution in [0.1, 0.15) is 27.5 Å². The third-order valence-electron chi connectivity index (χ3n) is 4.58. The van der Waals surface area contributed by atoms with Crippen LogP contribution < -0.4 is 0 Å². The van der Waals surface area contributed by atoms with Gasteiger partial charge >= 0.3 is 0 Å². The SMILES string of the molecule is Cc1ccccc1C(=O)N1CCN(C(C#N)c2ccccc2)CC1. The Morgan fingerprint density at radius 2 is 1.62 bits per heavy atom. The van der Waals surface area contributed by atoms with Crippen LogP contribution in [0.15, 0.2) is 54.6 Å². The summed E-state index contributed by atoms with van der Waals surface area (Å²) < 4.78 is 0. The van der Waals surface area contributed by atoms with Crippen molar-refractivity contribution in [2.45, 2.75) is 13.0 Å². The zero-order valence-corrected chi connectivity index (χ0v) is 13.9. The first-order chi connectivity index (χ1) is 11.7. The Morgan fingerprint density at radius 1 is 1.00 bits per heavy atom. The van der Waals surface area contributed by atoms with Crippen molar-refractivity contribution in [3.63, 3.8) is 0 Å². The zero-order chi connectivity index (χ0) is 16.9. The highest BCUT2D eigenvalue weighted by atomic mass is 16.2. The van der Waals surface area contributed by atoms with Crippen molar-refractivity contribution in [3.8, 4) is 6.07 Å². The zero-order valence-electron chi connectivity index (χ0n) is 13.9. The van der Waals surface area contributed by atoms with Gasteiger partial charge in [-0.15, -0.1) is 0 Å². The van der Waals surface area contributed by atoms with E-state index < -0.39 is 0 Å². The fraction of sp³-hybridized carbons (Fsp3) is 0.300. The molecule has 3 rings (SSSR count). The van der Waals surface area contributed by atoms with E-state index in [0.717, 1.165) is 16.7 Å². The highest BCUT2D eigenvalue weighted by Gasteiger charge is 2.27. The summed E-state index contributed by atoms with van der Waals surface area (Å²) in [7, 11) is 0. The Bertz CT molecular complexity index is 743. The van der Waals surface area contributed by atoms with Crippen LogP contribution in [0, 0.1) is 18.3 Å². The van der Waals surface area contributed by atoms with Crippen molar-refractivity contribution in [1.29, 1.82) is 5.26 Å². The minimum absolute atomic E-state index is 0.0842. The molecule has 0 N–H and O–H groups in total. The van der Waals surface area contributed by atoms with Gasteiger partial charge in [-0.25, -0.2) is 0 Å². The fourth-order valence-corrected chi connectivity index (χ4v) is 3.17. The van der Waals surface area contributed by atoms with E-state index in [2.05, 4.69) is 11.0 Å². The lowest BCUT2D eigenvalue weighted by Gasteiger charge is -2.37. The molecule has 1 unspecified atom stereocenters. The molecule has 0 saturated carbocycles. The largest absolute Gasteiger partial charge is 0.336 e. The number of carbonyl (C=O) groups is 1. The molecule has 1 atom stereocenters. The fourth-order valence-electron chi connectivity index (χ4n) is 3.17. The number of hydrogen-bond acceptors (Lipinski definition) is 3. The molecule has 122 valence electrons. The van der Waals surface area contributed by atoms with E-state index in [1.165, 1.54) is 0 Å². The first kappa shape index (κ1) is 16.2. The third kappa shape index (κ3) is 3.32. The van der Waals surface area contributed by atoms with Crippen LogP contribution in [0.25, 0.3) is 0 Å². The topological polar surface area (TPSA) is 47.3 Å². The third-order valence-corrected chi connectivity index (χ3v) is 4.58. The first-order valence-electron chi connectivity index (χ1n) is 8.24. The van der Waals surface area contributed by atoms with Gasteiger partial charge in [0.2, 0.25) is 0 Å². The van der Waals surface area contributed by atoms with Crippen LogP contribution in [-0.4, -0.2) is 41.9 Å². The molecule has 4 nitrogen and oxygen atoms in total. The molecule has 2 aromatic carbocycles. The van der Waals surface area contributed by atoms with Gasteiger partial charge in [0.15, 0.2) is 0 Å². The maximum atomic E-state index is 12.7. The Labute approximate surface area is 142 Å². The Kier molecular flexibility index (Phi) is 4.93. The summed E-state index contributed by atoms with van der Waals surface area (Å²) in [5, 5.41) is 9.55. The molecule has 1 heterocycles. The van der Waals surface area contributed by atoms with Gasteiger partial charge < -0.3 is 4.90 Å². The molecule has 0 bridgehead atoms. The Hall–Kier alpha value is -2.64. The second kappa shape index (κ2) is 7.29. The molecule has 0 radical (unpaired) electrons. The summed E-state index contributed by atoms with van der Waals surface area (Å²) in [6.07, 6.45) is 0. The Balaban J connectivity index is 1.67. The van der Waals surface area contributed by atoms with Crippen molar-refractivity contribution in [2.75, 3.05) is 26.2 Å². The van der Waals surface area contributed by atoms with Gasteiger partial charge in [0.05, 0.1) is 6.07 Å². The second-order valence-electron chi connectivity index (χ2n) is 6.09. The molecule has 0 aliphatic carbocycles. The van der Waals surface area contributed by atoms with E-state index in [4.69, 9.17) is 0 Å². The number of rotatable bonds is 3. The highest BCUT2D eigenvalue weighted by molar-refractivity contribution is 5.95. The van der Waals surface area contributed by atoms with Crippen molar-refractivity contribution >= 4 is 5.91 Å². The highest BCUT2D eigenvalue weighted by Crippen LogP contribution is 2.22. The maximum absolute atomic E-state index is 12.7. The number of benzene rings is 2. The number of aryl methyl sites for hydroxylation is 1. The van der Waals surface area contributed by atoms with Crippen molar-refractivity contribution < 1.29 is 4.79 Å². The van der Waals surface area contributed by atoms with E-state index in [1.807, 2.05) is 66.4 Å². The predicted octanol–water partition coefficient (Wildman–Crippen LogP) is 3.02. The number of hydrogen-bond donors (Lipinski definition) is 0. The molecule has 0 aromatic heterocycles. The maximum Gasteiger partial charge on any atom is 0.254 e. The van der Waals surface area contributed by atoms with Gasteiger partial charge in [-0.05, 0) is 24.1 Å². The van der Waals surface area contributed by atoms with Gasteiger partial charge in [-0.1, -0.05) is 48.5 Å². The van der Waals surface area contributed by atoms with Crippen LogP contribution >= 0.6 is 0 Å². The van der Waals surface area contributed by atoms with E-state index in [9.17, 15) is 10.1 Å². The molecule has 0 spiro atoms. The van der Waals surface area contributed by atoms with E-state index >= 15 is 0 Å². The molecule has 1 saturated heterocycles.